The molecule has 1 aromatic carbocycles. The van der Waals surface area contributed by atoms with Crippen molar-refractivity contribution in [1.82, 2.24) is 4.98 Å². The van der Waals surface area contributed by atoms with Crippen LogP contribution in [0.4, 0.5) is 0 Å². The maximum atomic E-state index is 4.33. The molecular weight excluding hydrogens is 322 g/mol. The Balaban J connectivity index is 2.88. The molecule has 0 saturated carbocycles. The number of para-hydroxylation sites is 1. The average Bonchev–Trinajstić information content (AvgIpc) is 2.27. The van der Waals surface area contributed by atoms with Crippen molar-refractivity contribution < 1.29 is 18.9 Å². The summed E-state index contributed by atoms with van der Waals surface area (Å²) in [4.78, 5) is 4.33. The fourth-order valence-corrected chi connectivity index (χ4v) is 2.59. The molecule has 0 aliphatic heterocycles. The minimum atomic E-state index is 1.12. The number of thiazole rings is 1. The van der Waals surface area contributed by atoms with Crippen molar-refractivity contribution in [2.75, 3.05) is 0 Å². The van der Waals surface area contributed by atoms with E-state index < -0.39 is 0 Å². The second-order valence-electron chi connectivity index (χ2n) is 1.92. The molecule has 52 valence electrons. The summed E-state index contributed by atoms with van der Waals surface area (Å²) < 4.78 is 2.42. The quantitative estimate of drug-likeness (QED) is 0.714. The van der Waals surface area contributed by atoms with Gasteiger partial charge in [-0.2, -0.15) is 0 Å². The predicted molar refractivity (Wildman–Crippen MR) is 39.3 cm³/mol. The Kier molecular flexibility index (Phi) is 1.57. The molecular formula is C7H4IrNS. The summed E-state index contributed by atoms with van der Waals surface area (Å²) in [6.45, 7) is 0. The van der Waals surface area contributed by atoms with E-state index in [2.05, 4.69) is 11.1 Å². The van der Waals surface area contributed by atoms with E-state index in [0.717, 1.165) is 9.04 Å². The standard InChI is InChI=1S/C7H4NS.Ir/c1-2-4-7-6(3-1)8-5-9-7;/h1-4H;. The average molecular weight is 326 g/mol. The zero-order valence-electron chi connectivity index (χ0n) is 5.00. The molecule has 0 aliphatic rings. The van der Waals surface area contributed by atoms with E-state index in [1.54, 1.807) is 11.3 Å². The molecule has 0 spiro atoms. The molecule has 1 heterocycles. The zero-order valence-corrected chi connectivity index (χ0v) is 8.21. The van der Waals surface area contributed by atoms with Gasteiger partial charge in [-0.3, -0.25) is 0 Å². The first-order valence-electron chi connectivity index (χ1n) is 2.85. The van der Waals surface area contributed by atoms with Crippen LogP contribution in [-0.2, 0) is 18.9 Å². The van der Waals surface area contributed by atoms with E-state index in [9.17, 15) is 0 Å². The van der Waals surface area contributed by atoms with E-state index in [4.69, 9.17) is 0 Å². The van der Waals surface area contributed by atoms with E-state index in [0.29, 0.717) is 0 Å². The van der Waals surface area contributed by atoms with Crippen LogP contribution in [0.5, 0.6) is 0 Å². The van der Waals surface area contributed by atoms with Crippen LogP contribution in [0.2, 0.25) is 0 Å². The normalized spacial score (nSPS) is 10.6. The summed E-state index contributed by atoms with van der Waals surface area (Å²) in [6, 6.07) is 8.19. The third-order valence-corrected chi connectivity index (χ3v) is 3.08. The Morgan fingerprint density at radius 2 is 2.10 bits per heavy atom. The van der Waals surface area contributed by atoms with Crippen molar-refractivity contribution in [3.63, 3.8) is 0 Å². The van der Waals surface area contributed by atoms with Gasteiger partial charge in [0.25, 0.3) is 0 Å². The van der Waals surface area contributed by atoms with Gasteiger partial charge in [0.05, 0.1) is 0 Å². The van der Waals surface area contributed by atoms with Crippen molar-refractivity contribution in [2.45, 2.75) is 0 Å². The Labute approximate surface area is 73.3 Å². The van der Waals surface area contributed by atoms with E-state index >= 15 is 0 Å². The summed E-state index contributed by atoms with van der Waals surface area (Å²) in [5.74, 6) is 0. The fourth-order valence-electron chi connectivity index (χ4n) is 0.834. The molecule has 0 amide bonds. The molecule has 0 bridgehead atoms. The van der Waals surface area contributed by atoms with Crippen molar-refractivity contribution in [2.24, 2.45) is 0 Å². The molecule has 2 aromatic rings. The number of rotatable bonds is 0. The van der Waals surface area contributed by atoms with Gasteiger partial charge in [0.15, 0.2) is 0 Å². The Morgan fingerprint density at radius 3 is 2.90 bits per heavy atom. The Bertz CT molecular complexity index is 322. The van der Waals surface area contributed by atoms with Crippen molar-refractivity contribution in [3.8, 4) is 0 Å². The molecule has 1 aromatic heterocycles. The van der Waals surface area contributed by atoms with Crippen molar-refractivity contribution >= 4 is 25.1 Å². The van der Waals surface area contributed by atoms with Crippen LogP contribution in [0.15, 0.2) is 24.3 Å². The summed E-state index contributed by atoms with van der Waals surface area (Å²) in [7, 11) is 0. The SMILES string of the molecule is [Ir][c]1nc2ccccc2s1. The van der Waals surface area contributed by atoms with Crippen LogP contribution in [0.25, 0.3) is 10.2 Å². The first kappa shape index (κ1) is 6.47. The van der Waals surface area contributed by atoms with Crippen LogP contribution >= 0.6 is 11.3 Å². The monoisotopic (exact) mass is 327 g/mol. The Morgan fingerprint density at radius 1 is 1.30 bits per heavy atom. The van der Waals surface area contributed by atoms with Gasteiger partial charge in [0.2, 0.25) is 0 Å². The van der Waals surface area contributed by atoms with Gasteiger partial charge in [0.1, 0.15) is 0 Å². The third-order valence-electron chi connectivity index (χ3n) is 1.26. The molecule has 1 nitrogen and oxygen atoms in total. The summed E-state index contributed by atoms with van der Waals surface area (Å²) in [5, 5.41) is 0. The summed E-state index contributed by atoms with van der Waals surface area (Å²) >= 11 is 3.77. The second-order valence-corrected chi connectivity index (χ2v) is 4.88. The number of hydrogen-bond donors (Lipinski definition) is 0. The van der Waals surface area contributed by atoms with Crippen LogP contribution in [-0.4, -0.2) is 4.98 Å². The van der Waals surface area contributed by atoms with Crippen LogP contribution < -0.4 is 3.52 Å². The Hall–Kier alpha value is -0.241. The molecule has 3 heteroatoms. The molecule has 0 aliphatic carbocycles. The maximum absolute atomic E-state index is 4.33. The number of fused-ring (bicyclic) bond motifs is 1. The van der Waals surface area contributed by atoms with Gasteiger partial charge in [0, 0.05) is 0 Å². The van der Waals surface area contributed by atoms with Gasteiger partial charge in [-0.05, 0) is 0 Å². The molecule has 10 heavy (non-hydrogen) atoms. The summed E-state index contributed by atoms with van der Waals surface area (Å²) in [6.07, 6.45) is 0. The number of nitrogens with zero attached hydrogens (tertiary/aromatic N) is 1. The second kappa shape index (κ2) is 2.42. The van der Waals surface area contributed by atoms with Crippen LogP contribution in [0.1, 0.15) is 0 Å². The van der Waals surface area contributed by atoms with E-state index in [1.807, 2.05) is 37.1 Å². The predicted octanol–water partition coefficient (Wildman–Crippen LogP) is 1.47. The number of benzene rings is 1. The van der Waals surface area contributed by atoms with Gasteiger partial charge in [-0.1, -0.05) is 0 Å². The number of aromatic nitrogens is 1. The topological polar surface area (TPSA) is 12.9 Å². The van der Waals surface area contributed by atoms with Crippen LogP contribution in [0.3, 0.4) is 0 Å². The molecule has 0 unspecified atom stereocenters. The van der Waals surface area contributed by atoms with Crippen LogP contribution in [0, 0.1) is 0 Å². The molecule has 0 fully saturated rings. The first-order valence-corrected chi connectivity index (χ1v) is 4.86. The molecule has 0 saturated heterocycles. The van der Waals surface area contributed by atoms with Gasteiger partial charge in [-0.25, -0.2) is 0 Å². The zero-order chi connectivity index (χ0) is 6.97. The third kappa shape index (κ3) is 1.01. The number of hydrogen-bond acceptors (Lipinski definition) is 2. The minimum absolute atomic E-state index is 1.12. The first-order chi connectivity index (χ1) is 4.86. The fraction of sp³-hybridized carbons (Fsp3) is 0. The molecule has 0 N–H and O–H groups in total. The van der Waals surface area contributed by atoms with E-state index in [1.165, 1.54) is 4.70 Å². The van der Waals surface area contributed by atoms with Crippen molar-refractivity contribution in [1.29, 1.82) is 0 Å². The van der Waals surface area contributed by atoms with E-state index in [-0.39, 0.29) is 0 Å². The summed E-state index contributed by atoms with van der Waals surface area (Å²) in [5.41, 5.74) is 1.12. The molecule has 0 atom stereocenters. The van der Waals surface area contributed by atoms with Crippen molar-refractivity contribution in [3.05, 3.63) is 24.3 Å². The molecule has 0 radical (unpaired) electrons. The van der Waals surface area contributed by atoms with Gasteiger partial charge < -0.3 is 0 Å². The van der Waals surface area contributed by atoms with Gasteiger partial charge in [-0.15, -0.1) is 0 Å². The molecule has 2 rings (SSSR count). The van der Waals surface area contributed by atoms with Gasteiger partial charge >= 0.3 is 73.2 Å².